The van der Waals surface area contributed by atoms with Crippen molar-refractivity contribution in [2.45, 2.75) is 25.9 Å². The topological polar surface area (TPSA) is 41.1 Å². The average Bonchev–Trinajstić information content (AvgIpc) is 2.41. The fourth-order valence-electron chi connectivity index (χ4n) is 2.47. The number of hydrogen-bond acceptors (Lipinski definition) is 4. The van der Waals surface area contributed by atoms with Crippen LogP contribution in [-0.4, -0.2) is 35.1 Å². The number of fused-ring (bicyclic) bond motifs is 1. The number of nitrogens with zero attached hydrogens (tertiary/aromatic N) is 3. The summed E-state index contributed by atoms with van der Waals surface area (Å²) in [5, 5.41) is 3.94. The summed E-state index contributed by atoms with van der Waals surface area (Å²) < 4.78 is 0. The first-order valence-electron chi connectivity index (χ1n) is 6.57. The molecule has 4 nitrogen and oxygen atoms in total. The number of nitrogens with one attached hydrogen (secondary N) is 1. The van der Waals surface area contributed by atoms with E-state index in [-0.39, 0.29) is 0 Å². The summed E-state index contributed by atoms with van der Waals surface area (Å²) in [6.07, 6.45) is 0. The van der Waals surface area contributed by atoms with E-state index in [1.807, 2.05) is 24.3 Å². The zero-order valence-electron chi connectivity index (χ0n) is 11.1. The first-order valence-corrected chi connectivity index (χ1v) is 6.95. The van der Waals surface area contributed by atoms with Crippen LogP contribution in [0.3, 0.4) is 0 Å². The molecule has 0 aliphatic carbocycles. The highest BCUT2D eigenvalue weighted by Crippen LogP contribution is 2.27. The van der Waals surface area contributed by atoms with Crippen molar-refractivity contribution in [1.82, 2.24) is 15.3 Å². The molecule has 1 aliphatic rings. The molecular weight excluding hydrogens is 260 g/mol. The first kappa shape index (κ1) is 12.6. The Morgan fingerprint density at radius 2 is 1.89 bits per heavy atom. The molecule has 1 aromatic carbocycles. The van der Waals surface area contributed by atoms with Crippen molar-refractivity contribution in [3.63, 3.8) is 0 Å². The minimum atomic E-state index is 0.365. The molecule has 2 unspecified atom stereocenters. The molecule has 5 heteroatoms. The molecule has 1 saturated heterocycles. The molecule has 100 valence electrons. The molecule has 0 bridgehead atoms. The third-order valence-corrected chi connectivity index (χ3v) is 3.80. The molecule has 0 spiro atoms. The summed E-state index contributed by atoms with van der Waals surface area (Å²) in [6, 6.07) is 8.62. The Morgan fingerprint density at radius 3 is 2.63 bits per heavy atom. The first-order chi connectivity index (χ1) is 9.15. The lowest BCUT2D eigenvalue weighted by atomic mass is 10.1. The maximum absolute atomic E-state index is 6.31. The monoisotopic (exact) mass is 276 g/mol. The number of benzene rings is 1. The Hall–Kier alpha value is -1.39. The lowest BCUT2D eigenvalue weighted by Gasteiger charge is -2.38. The lowest BCUT2D eigenvalue weighted by molar-refractivity contribution is 0.422. The summed E-state index contributed by atoms with van der Waals surface area (Å²) in [5.74, 6) is 0.793. The van der Waals surface area contributed by atoms with Gasteiger partial charge in [-0.25, -0.2) is 9.97 Å². The highest BCUT2D eigenvalue weighted by atomic mass is 35.5. The predicted octanol–water partition coefficient (Wildman–Crippen LogP) is 2.47. The zero-order valence-corrected chi connectivity index (χ0v) is 11.9. The van der Waals surface area contributed by atoms with Gasteiger partial charge in [0.1, 0.15) is 0 Å². The van der Waals surface area contributed by atoms with Gasteiger partial charge in [0.15, 0.2) is 11.0 Å². The fourth-order valence-corrected chi connectivity index (χ4v) is 2.71. The Balaban J connectivity index is 2.06. The Morgan fingerprint density at radius 1 is 1.21 bits per heavy atom. The quantitative estimate of drug-likeness (QED) is 0.869. The third-order valence-electron chi connectivity index (χ3n) is 3.55. The summed E-state index contributed by atoms with van der Waals surface area (Å²) in [5.41, 5.74) is 1.73. The Kier molecular flexibility index (Phi) is 3.29. The van der Waals surface area contributed by atoms with Gasteiger partial charge >= 0.3 is 0 Å². The van der Waals surface area contributed by atoms with Gasteiger partial charge in [-0.2, -0.15) is 0 Å². The number of hydrogen-bond donors (Lipinski definition) is 1. The summed E-state index contributed by atoms with van der Waals surface area (Å²) in [7, 11) is 0. The van der Waals surface area contributed by atoms with Gasteiger partial charge in [0, 0.05) is 25.2 Å². The largest absolute Gasteiger partial charge is 0.349 e. The predicted molar refractivity (Wildman–Crippen MR) is 78.8 cm³/mol. The van der Waals surface area contributed by atoms with Crippen LogP contribution < -0.4 is 10.2 Å². The summed E-state index contributed by atoms with van der Waals surface area (Å²) >= 11 is 6.31. The molecule has 0 radical (unpaired) electrons. The SMILES string of the molecule is CC1CN(c2nc3ccccc3nc2Cl)C(C)CN1. The molecule has 19 heavy (non-hydrogen) atoms. The van der Waals surface area contributed by atoms with Crippen molar-refractivity contribution in [2.24, 2.45) is 0 Å². The molecule has 1 aromatic heterocycles. The molecule has 2 heterocycles. The number of halogens is 1. The van der Waals surface area contributed by atoms with Gasteiger partial charge in [-0.05, 0) is 26.0 Å². The van der Waals surface area contributed by atoms with Gasteiger partial charge in [-0.1, -0.05) is 23.7 Å². The fraction of sp³-hybridized carbons (Fsp3) is 0.429. The maximum Gasteiger partial charge on any atom is 0.172 e. The highest BCUT2D eigenvalue weighted by molar-refractivity contribution is 6.32. The maximum atomic E-state index is 6.31. The molecule has 1 N–H and O–H groups in total. The molecule has 0 amide bonds. The number of rotatable bonds is 1. The van der Waals surface area contributed by atoms with Gasteiger partial charge in [-0.3, -0.25) is 0 Å². The van der Waals surface area contributed by atoms with E-state index in [9.17, 15) is 0 Å². The smallest absolute Gasteiger partial charge is 0.172 e. The normalized spacial score (nSPS) is 23.8. The zero-order chi connectivity index (χ0) is 13.4. The molecule has 0 saturated carbocycles. The van der Waals surface area contributed by atoms with Gasteiger partial charge in [0.25, 0.3) is 0 Å². The van der Waals surface area contributed by atoms with E-state index in [0.29, 0.717) is 17.2 Å². The van der Waals surface area contributed by atoms with Crippen LogP contribution in [0.25, 0.3) is 11.0 Å². The van der Waals surface area contributed by atoms with Gasteiger partial charge in [0.2, 0.25) is 0 Å². The molecule has 2 aromatic rings. The minimum absolute atomic E-state index is 0.365. The van der Waals surface area contributed by atoms with Crippen molar-refractivity contribution >= 4 is 28.5 Å². The number of anilines is 1. The van der Waals surface area contributed by atoms with Crippen LogP contribution >= 0.6 is 11.6 Å². The molecule has 2 atom stereocenters. The highest BCUT2D eigenvalue weighted by Gasteiger charge is 2.25. The Labute approximate surface area is 117 Å². The van der Waals surface area contributed by atoms with Gasteiger partial charge in [-0.15, -0.1) is 0 Å². The van der Waals surface area contributed by atoms with Crippen molar-refractivity contribution in [2.75, 3.05) is 18.0 Å². The molecular formula is C14H17ClN4. The van der Waals surface area contributed by atoms with Crippen LogP contribution in [0.15, 0.2) is 24.3 Å². The van der Waals surface area contributed by atoms with Crippen LogP contribution in [0.5, 0.6) is 0 Å². The van der Waals surface area contributed by atoms with E-state index in [1.165, 1.54) is 0 Å². The second-order valence-electron chi connectivity index (χ2n) is 5.14. The number of piperazine rings is 1. The van der Waals surface area contributed by atoms with Crippen molar-refractivity contribution in [1.29, 1.82) is 0 Å². The summed E-state index contributed by atoms with van der Waals surface area (Å²) in [6.45, 7) is 6.17. The van der Waals surface area contributed by atoms with Crippen LogP contribution in [-0.2, 0) is 0 Å². The van der Waals surface area contributed by atoms with Crippen LogP contribution in [0, 0.1) is 0 Å². The second kappa shape index (κ2) is 4.94. The van der Waals surface area contributed by atoms with E-state index in [4.69, 9.17) is 11.6 Å². The number of para-hydroxylation sites is 2. The second-order valence-corrected chi connectivity index (χ2v) is 5.50. The standard InChI is InChI=1S/C14H17ClN4/c1-9-8-19(10(2)7-16-9)14-13(15)17-11-5-3-4-6-12(11)18-14/h3-6,9-10,16H,7-8H2,1-2H3. The minimum Gasteiger partial charge on any atom is -0.349 e. The van der Waals surface area contributed by atoms with E-state index in [1.54, 1.807) is 0 Å². The van der Waals surface area contributed by atoms with Crippen LogP contribution in [0.1, 0.15) is 13.8 Å². The van der Waals surface area contributed by atoms with Crippen LogP contribution in [0.4, 0.5) is 5.82 Å². The van der Waals surface area contributed by atoms with E-state index >= 15 is 0 Å². The van der Waals surface area contributed by atoms with Crippen LogP contribution in [0.2, 0.25) is 5.15 Å². The van der Waals surface area contributed by atoms with Gasteiger partial charge in [0.05, 0.1) is 11.0 Å². The van der Waals surface area contributed by atoms with Gasteiger partial charge < -0.3 is 10.2 Å². The number of aromatic nitrogens is 2. The average molecular weight is 277 g/mol. The molecule has 3 rings (SSSR count). The van der Waals surface area contributed by atoms with E-state index in [0.717, 1.165) is 29.9 Å². The Bertz CT molecular complexity index is 601. The summed E-state index contributed by atoms with van der Waals surface area (Å²) in [4.78, 5) is 11.4. The van der Waals surface area contributed by atoms with E-state index < -0.39 is 0 Å². The molecule has 1 aliphatic heterocycles. The third kappa shape index (κ3) is 2.38. The molecule has 1 fully saturated rings. The van der Waals surface area contributed by atoms with E-state index in [2.05, 4.69) is 34.0 Å². The van der Waals surface area contributed by atoms with Crippen molar-refractivity contribution in [3.8, 4) is 0 Å². The van der Waals surface area contributed by atoms with Crippen molar-refractivity contribution < 1.29 is 0 Å². The lowest BCUT2D eigenvalue weighted by Crippen LogP contribution is -2.54. The van der Waals surface area contributed by atoms with Crippen molar-refractivity contribution in [3.05, 3.63) is 29.4 Å².